The maximum absolute atomic E-state index is 13.2. The number of benzene rings is 2. The first-order valence-corrected chi connectivity index (χ1v) is 15.9. The molecule has 1 aromatic heterocycles. The average molecular weight is 626 g/mol. The first-order valence-electron chi connectivity index (χ1n) is 15.9. The number of fused-ring (bicyclic) bond motifs is 2. The first-order chi connectivity index (χ1) is 22.0. The second-order valence-electron chi connectivity index (χ2n) is 12.5. The number of rotatable bonds is 10. The van der Waals surface area contributed by atoms with Gasteiger partial charge in [-0.25, -0.2) is 4.79 Å². The molecule has 2 heterocycles. The molecular weight excluding hydrogens is 582 g/mol. The summed E-state index contributed by atoms with van der Waals surface area (Å²) in [7, 11) is 3.44. The molecule has 2 aliphatic rings. The Kier molecular flexibility index (Phi) is 9.49. The maximum Gasteiger partial charge on any atom is 0.459 e. The van der Waals surface area contributed by atoms with E-state index in [0.717, 1.165) is 39.9 Å². The Balaban J connectivity index is 1.70. The van der Waals surface area contributed by atoms with Crippen LogP contribution in [0.2, 0.25) is 0 Å². The summed E-state index contributed by atoms with van der Waals surface area (Å²) < 4.78 is 7.30. The SMILES string of the molecule is C=C(NC)c1ccc2c(c1)CCc1cc(C(=O)NC)ccc1C2(C[C@H](C)NCC(=O)N1CCCC1C#N)c1nc(=O)on1C(C)C. The quantitative estimate of drug-likeness (QED) is 0.311. The molecule has 3 aromatic rings. The van der Waals surface area contributed by atoms with E-state index in [1.807, 2.05) is 52.1 Å². The van der Waals surface area contributed by atoms with Gasteiger partial charge in [0.25, 0.3) is 5.91 Å². The second-order valence-corrected chi connectivity index (χ2v) is 12.5. The van der Waals surface area contributed by atoms with Crippen molar-refractivity contribution in [1.29, 1.82) is 5.26 Å². The van der Waals surface area contributed by atoms with Crippen LogP contribution in [0.1, 0.15) is 90.1 Å². The van der Waals surface area contributed by atoms with Crippen molar-refractivity contribution in [2.45, 2.75) is 76.4 Å². The molecule has 5 rings (SSSR count). The van der Waals surface area contributed by atoms with Crippen molar-refractivity contribution in [3.63, 3.8) is 0 Å². The zero-order valence-corrected chi connectivity index (χ0v) is 27.3. The number of likely N-dealkylation sites (tertiary alicyclic amines) is 1. The molecule has 1 aliphatic heterocycles. The summed E-state index contributed by atoms with van der Waals surface area (Å²) in [6, 6.07) is 13.3. The van der Waals surface area contributed by atoms with Crippen LogP contribution in [0.3, 0.4) is 0 Å². The van der Waals surface area contributed by atoms with Crippen LogP contribution in [-0.2, 0) is 23.1 Å². The van der Waals surface area contributed by atoms with E-state index in [1.165, 1.54) is 0 Å². The van der Waals surface area contributed by atoms with E-state index in [-0.39, 0.29) is 30.4 Å². The summed E-state index contributed by atoms with van der Waals surface area (Å²) in [5, 5.41) is 18.8. The number of nitrogens with zero attached hydrogens (tertiary/aromatic N) is 4. The van der Waals surface area contributed by atoms with Crippen LogP contribution in [0.5, 0.6) is 0 Å². The smallest absolute Gasteiger partial charge is 0.388 e. The van der Waals surface area contributed by atoms with Crippen LogP contribution < -0.4 is 21.7 Å². The third kappa shape index (κ3) is 5.97. The van der Waals surface area contributed by atoms with Crippen LogP contribution >= 0.6 is 0 Å². The Morgan fingerprint density at radius 2 is 1.74 bits per heavy atom. The van der Waals surface area contributed by atoms with Gasteiger partial charge in [-0.3, -0.25) is 9.59 Å². The Bertz CT molecular complexity index is 1680. The number of aryl methyl sites for hydroxylation is 2. The van der Waals surface area contributed by atoms with Crippen LogP contribution in [0.25, 0.3) is 5.70 Å². The second kappa shape index (κ2) is 13.3. The number of carbonyl (C=O) groups is 2. The Hall–Kier alpha value is -4.69. The van der Waals surface area contributed by atoms with Gasteiger partial charge < -0.3 is 25.4 Å². The van der Waals surface area contributed by atoms with Gasteiger partial charge in [0.1, 0.15) is 6.04 Å². The first kappa shape index (κ1) is 32.7. The van der Waals surface area contributed by atoms with Crippen molar-refractivity contribution in [2.24, 2.45) is 0 Å². The van der Waals surface area contributed by atoms with E-state index >= 15 is 0 Å². The van der Waals surface area contributed by atoms with Crippen molar-refractivity contribution < 1.29 is 14.1 Å². The number of hydrogen-bond donors (Lipinski definition) is 3. The Morgan fingerprint density at radius 3 is 2.35 bits per heavy atom. The van der Waals surface area contributed by atoms with Gasteiger partial charge in [0.15, 0.2) is 5.82 Å². The Morgan fingerprint density at radius 1 is 1.09 bits per heavy atom. The standard InChI is InChI=1S/C35H43N7O4/c1-21(2)42-33(40-34(45)46-42)35(18-22(3)39-20-31(43)41-15-7-8-28(41)19-36)29-13-11-24(23(4)37-5)16-25(29)9-10-26-17-27(32(44)38-6)12-14-30(26)35/h11-14,16-17,21-22,28,37,39H,4,7-10,15,18,20H2,1-3,5-6H3,(H,38,44)/t22-,28?,35?/m0/s1. The zero-order chi connectivity index (χ0) is 33.2. The molecule has 2 amide bonds. The molecule has 3 atom stereocenters. The lowest BCUT2D eigenvalue weighted by molar-refractivity contribution is -0.130. The maximum atomic E-state index is 13.2. The summed E-state index contributed by atoms with van der Waals surface area (Å²) in [5.41, 5.74) is 5.21. The van der Waals surface area contributed by atoms with Crippen molar-refractivity contribution >= 4 is 17.5 Å². The minimum Gasteiger partial charge on any atom is -0.388 e. The van der Waals surface area contributed by atoms with Gasteiger partial charge in [-0.2, -0.15) is 15.0 Å². The number of aromatic nitrogens is 2. The summed E-state index contributed by atoms with van der Waals surface area (Å²) in [5.74, 6) is -0.522. The highest BCUT2D eigenvalue weighted by Gasteiger charge is 2.47. The zero-order valence-electron chi connectivity index (χ0n) is 27.3. The third-order valence-corrected chi connectivity index (χ3v) is 9.30. The molecule has 2 aromatic carbocycles. The molecule has 11 nitrogen and oxygen atoms in total. The highest BCUT2D eigenvalue weighted by molar-refractivity contribution is 5.94. The molecule has 0 spiro atoms. The molecule has 2 unspecified atom stereocenters. The highest BCUT2D eigenvalue weighted by atomic mass is 16.5. The van der Waals surface area contributed by atoms with Crippen molar-refractivity contribution in [2.75, 3.05) is 27.2 Å². The predicted octanol–water partition coefficient (Wildman–Crippen LogP) is 3.28. The summed E-state index contributed by atoms with van der Waals surface area (Å²) in [6.45, 7) is 10.7. The predicted molar refractivity (Wildman–Crippen MR) is 175 cm³/mol. The van der Waals surface area contributed by atoms with Crippen LogP contribution in [0, 0.1) is 11.3 Å². The fourth-order valence-corrected chi connectivity index (χ4v) is 7.03. The monoisotopic (exact) mass is 625 g/mol. The molecule has 3 N–H and O–H groups in total. The van der Waals surface area contributed by atoms with Crippen molar-refractivity contribution in [3.05, 3.63) is 92.7 Å². The molecule has 242 valence electrons. The molecule has 0 bridgehead atoms. The van der Waals surface area contributed by atoms with E-state index in [1.54, 1.807) is 16.7 Å². The molecule has 46 heavy (non-hydrogen) atoms. The number of nitriles is 1. The lowest BCUT2D eigenvalue weighted by Gasteiger charge is -2.38. The topological polar surface area (TPSA) is 145 Å². The molecule has 1 aliphatic carbocycles. The van der Waals surface area contributed by atoms with E-state index in [4.69, 9.17) is 4.52 Å². The fraction of sp³-hybridized carbons (Fsp3) is 0.457. The molecular formula is C35H43N7O4. The minimum absolute atomic E-state index is 0.0709. The Labute approximate surface area is 269 Å². The summed E-state index contributed by atoms with van der Waals surface area (Å²) >= 11 is 0. The number of hydrogen-bond acceptors (Lipinski definition) is 8. The van der Waals surface area contributed by atoms with Crippen LogP contribution in [0.4, 0.5) is 0 Å². The van der Waals surface area contributed by atoms with E-state index < -0.39 is 17.2 Å². The minimum atomic E-state index is -0.989. The third-order valence-electron chi connectivity index (χ3n) is 9.30. The summed E-state index contributed by atoms with van der Waals surface area (Å²) in [6.07, 6.45) is 3.26. The van der Waals surface area contributed by atoms with Crippen molar-refractivity contribution in [1.82, 2.24) is 30.6 Å². The van der Waals surface area contributed by atoms with E-state index in [0.29, 0.717) is 43.6 Å². The molecule has 1 saturated heterocycles. The van der Waals surface area contributed by atoms with Gasteiger partial charge in [-0.05, 0) is 98.9 Å². The van der Waals surface area contributed by atoms with Gasteiger partial charge in [-0.1, -0.05) is 24.8 Å². The van der Waals surface area contributed by atoms with Gasteiger partial charge >= 0.3 is 5.76 Å². The number of carbonyl (C=O) groups excluding carboxylic acids is 2. The summed E-state index contributed by atoms with van der Waals surface area (Å²) in [4.78, 5) is 45.1. The van der Waals surface area contributed by atoms with Gasteiger partial charge in [0, 0.05) is 37.9 Å². The number of nitrogens with one attached hydrogen (secondary N) is 3. The lowest BCUT2D eigenvalue weighted by Crippen LogP contribution is -2.46. The van der Waals surface area contributed by atoms with Gasteiger partial charge in [-0.15, -0.1) is 0 Å². The van der Waals surface area contributed by atoms with Gasteiger partial charge in [0.05, 0.1) is 24.1 Å². The van der Waals surface area contributed by atoms with Crippen LogP contribution in [-0.4, -0.2) is 65.7 Å². The molecule has 1 fully saturated rings. The van der Waals surface area contributed by atoms with E-state index in [9.17, 15) is 19.6 Å². The number of amides is 2. The molecule has 0 radical (unpaired) electrons. The van der Waals surface area contributed by atoms with Crippen LogP contribution in [0.15, 0.2) is 52.3 Å². The average Bonchev–Trinajstić information content (AvgIpc) is 3.68. The van der Waals surface area contributed by atoms with E-state index in [2.05, 4.69) is 45.7 Å². The molecule has 0 saturated carbocycles. The lowest BCUT2D eigenvalue weighted by atomic mass is 9.67. The van der Waals surface area contributed by atoms with Gasteiger partial charge in [0.2, 0.25) is 5.91 Å². The largest absolute Gasteiger partial charge is 0.459 e. The van der Waals surface area contributed by atoms with Crippen molar-refractivity contribution in [3.8, 4) is 6.07 Å². The highest BCUT2D eigenvalue weighted by Crippen LogP contribution is 2.48. The fourth-order valence-electron chi connectivity index (χ4n) is 7.03. The normalized spacial score (nSPS) is 19.5. The molecule has 11 heteroatoms.